The molecular formula is C31H42F3N5O8. The molecule has 3 rings (SSSR count). The van der Waals surface area contributed by atoms with E-state index in [1.807, 2.05) is 6.20 Å². The molecule has 0 unspecified atom stereocenters. The number of nitro groups is 2. The monoisotopic (exact) mass is 669 g/mol. The maximum atomic E-state index is 12.8. The molecule has 0 fully saturated rings. The lowest BCUT2D eigenvalue weighted by atomic mass is 9.94. The second-order valence-corrected chi connectivity index (χ2v) is 10.8. The molecule has 0 spiro atoms. The summed E-state index contributed by atoms with van der Waals surface area (Å²) in [4.78, 5) is 36.5. The highest BCUT2D eigenvalue weighted by molar-refractivity contribution is 6.00. The van der Waals surface area contributed by atoms with Gasteiger partial charge in [-0.05, 0) is 44.7 Å². The number of nitrogens with one attached hydrogen (secondary N) is 1. The number of carbonyl (C=O) groups is 1. The molecule has 1 aliphatic rings. The summed E-state index contributed by atoms with van der Waals surface area (Å²) >= 11 is 0. The van der Waals surface area contributed by atoms with Crippen molar-refractivity contribution in [3.8, 4) is 11.5 Å². The SMILES string of the molecule is CCC(C)(CC)N1C=C(NC(=O)c2c(OC)cccc2OC)OC1.CCCN(CCC)c1c([N+](=O)[O-])cc(C(F)(F)F)cc1[N+](=O)[O-]. The van der Waals surface area contributed by atoms with Gasteiger partial charge >= 0.3 is 6.18 Å². The van der Waals surface area contributed by atoms with Crippen LogP contribution < -0.4 is 19.7 Å². The average molecular weight is 670 g/mol. The fourth-order valence-electron chi connectivity index (χ4n) is 4.89. The molecule has 2 aromatic rings. The van der Waals surface area contributed by atoms with Crippen molar-refractivity contribution in [1.82, 2.24) is 10.2 Å². The Labute approximate surface area is 271 Å². The highest BCUT2D eigenvalue weighted by Crippen LogP contribution is 2.43. The van der Waals surface area contributed by atoms with Gasteiger partial charge in [0, 0.05) is 30.8 Å². The zero-order chi connectivity index (χ0) is 35.5. The van der Waals surface area contributed by atoms with Crippen LogP contribution in [0.2, 0.25) is 0 Å². The van der Waals surface area contributed by atoms with Crippen molar-refractivity contribution in [2.24, 2.45) is 0 Å². The minimum atomic E-state index is -4.91. The number of amides is 1. The lowest BCUT2D eigenvalue weighted by molar-refractivity contribution is -0.393. The number of rotatable bonds is 14. The van der Waals surface area contributed by atoms with Gasteiger partial charge in [-0.25, -0.2) is 0 Å². The van der Waals surface area contributed by atoms with Crippen molar-refractivity contribution in [3.63, 3.8) is 0 Å². The number of alkyl halides is 3. The second-order valence-electron chi connectivity index (χ2n) is 10.8. The van der Waals surface area contributed by atoms with Crippen LogP contribution in [0, 0.1) is 20.2 Å². The van der Waals surface area contributed by atoms with Crippen LogP contribution in [0.5, 0.6) is 11.5 Å². The molecule has 0 saturated heterocycles. The van der Waals surface area contributed by atoms with E-state index in [0.29, 0.717) is 54.7 Å². The zero-order valence-electron chi connectivity index (χ0n) is 27.6. The lowest BCUT2D eigenvalue weighted by Gasteiger charge is -2.36. The molecular weight excluding hydrogens is 627 g/mol. The molecule has 0 saturated carbocycles. The number of methoxy groups -OCH3 is 2. The quantitative estimate of drug-likeness (QED) is 0.161. The van der Waals surface area contributed by atoms with Crippen molar-refractivity contribution in [1.29, 1.82) is 0 Å². The predicted octanol–water partition coefficient (Wildman–Crippen LogP) is 7.25. The molecule has 0 aliphatic carbocycles. The summed E-state index contributed by atoms with van der Waals surface area (Å²) in [6, 6.07) is 5.91. The van der Waals surface area contributed by atoms with Gasteiger partial charge in [-0.15, -0.1) is 0 Å². The van der Waals surface area contributed by atoms with E-state index in [0.717, 1.165) is 12.8 Å². The van der Waals surface area contributed by atoms with Crippen molar-refractivity contribution in [2.45, 2.75) is 72.0 Å². The molecule has 16 heteroatoms. The largest absolute Gasteiger partial charge is 0.496 e. The fourth-order valence-corrected chi connectivity index (χ4v) is 4.89. The minimum Gasteiger partial charge on any atom is -0.496 e. The number of anilines is 1. The molecule has 1 aliphatic heterocycles. The van der Waals surface area contributed by atoms with Gasteiger partial charge in [-0.2, -0.15) is 13.2 Å². The van der Waals surface area contributed by atoms with E-state index in [4.69, 9.17) is 14.2 Å². The normalized spacial score (nSPS) is 12.7. The summed E-state index contributed by atoms with van der Waals surface area (Å²) in [5, 5.41) is 25.1. The van der Waals surface area contributed by atoms with Crippen LogP contribution >= 0.6 is 0 Å². The van der Waals surface area contributed by atoms with Gasteiger partial charge in [0.25, 0.3) is 17.3 Å². The Balaban J connectivity index is 0.000000327. The van der Waals surface area contributed by atoms with Crippen LogP contribution in [0.3, 0.4) is 0 Å². The molecule has 13 nitrogen and oxygen atoms in total. The third-order valence-corrected chi connectivity index (χ3v) is 7.83. The maximum Gasteiger partial charge on any atom is 0.416 e. The number of hydrogen-bond acceptors (Lipinski definition) is 10. The Morgan fingerprint density at radius 3 is 1.85 bits per heavy atom. The standard InChI is InChI=1S/C18H26N2O4.C13H16F3N3O4/c1-6-18(3,7-2)20-11-15(24-12-20)19-17(21)16-13(22-4)9-8-10-14(16)23-5;1-3-5-17(6-4-2)12-10(18(20)21)7-9(13(14,15)16)8-11(12)19(22)23/h8-11H,6-7,12H2,1-5H3,(H,19,21);7-8H,3-6H2,1-2H3. The average Bonchev–Trinajstić information content (AvgIpc) is 3.51. The zero-order valence-corrected chi connectivity index (χ0v) is 27.6. The summed E-state index contributed by atoms with van der Waals surface area (Å²) in [5.41, 5.74) is -3.25. The molecule has 1 heterocycles. The Bertz CT molecular complexity index is 1380. The molecule has 0 bridgehead atoms. The topological polar surface area (TPSA) is 150 Å². The van der Waals surface area contributed by atoms with Gasteiger partial charge in [-0.1, -0.05) is 33.8 Å². The van der Waals surface area contributed by atoms with Gasteiger partial charge in [0.05, 0.1) is 35.8 Å². The Hall–Kier alpha value is -4.76. The number of ether oxygens (including phenoxy) is 3. The van der Waals surface area contributed by atoms with E-state index in [2.05, 4.69) is 31.0 Å². The Morgan fingerprint density at radius 2 is 1.47 bits per heavy atom. The molecule has 47 heavy (non-hydrogen) atoms. The lowest BCUT2D eigenvalue weighted by Crippen LogP contribution is -2.41. The molecule has 2 aromatic carbocycles. The van der Waals surface area contributed by atoms with Gasteiger partial charge in [0.1, 0.15) is 17.1 Å². The third kappa shape index (κ3) is 9.39. The van der Waals surface area contributed by atoms with Crippen molar-refractivity contribution >= 4 is 23.0 Å². The summed E-state index contributed by atoms with van der Waals surface area (Å²) < 4.78 is 54.7. The summed E-state index contributed by atoms with van der Waals surface area (Å²) in [5.74, 6) is 1.01. The number of nitro benzene ring substituents is 2. The van der Waals surface area contributed by atoms with Crippen LogP contribution in [0.15, 0.2) is 42.4 Å². The van der Waals surface area contributed by atoms with Crippen molar-refractivity contribution in [3.05, 3.63) is 73.8 Å². The number of benzene rings is 2. The Morgan fingerprint density at radius 1 is 0.979 bits per heavy atom. The van der Waals surface area contributed by atoms with Crippen LogP contribution in [-0.4, -0.2) is 60.2 Å². The molecule has 0 aromatic heterocycles. The number of hydrogen-bond donors (Lipinski definition) is 1. The maximum absolute atomic E-state index is 12.8. The molecule has 0 atom stereocenters. The number of nitrogens with zero attached hydrogens (tertiary/aromatic N) is 4. The van der Waals surface area contributed by atoms with E-state index in [1.165, 1.54) is 19.1 Å². The van der Waals surface area contributed by atoms with Crippen LogP contribution in [0.25, 0.3) is 0 Å². The van der Waals surface area contributed by atoms with Gasteiger partial charge in [0.15, 0.2) is 12.4 Å². The van der Waals surface area contributed by atoms with E-state index in [-0.39, 0.29) is 30.2 Å². The van der Waals surface area contributed by atoms with Crippen LogP contribution in [-0.2, 0) is 10.9 Å². The number of carbonyl (C=O) groups excluding carboxylic acids is 1. The first kappa shape index (κ1) is 38.4. The van der Waals surface area contributed by atoms with Crippen molar-refractivity contribution in [2.75, 3.05) is 38.9 Å². The first-order valence-electron chi connectivity index (χ1n) is 15.0. The summed E-state index contributed by atoms with van der Waals surface area (Å²) in [6.45, 7) is 11.0. The molecule has 0 radical (unpaired) electrons. The fraction of sp³-hybridized carbons (Fsp3) is 0.516. The minimum absolute atomic E-state index is 0.00854. The predicted molar refractivity (Wildman–Crippen MR) is 169 cm³/mol. The van der Waals surface area contributed by atoms with Crippen LogP contribution in [0.1, 0.15) is 76.2 Å². The number of halogens is 3. The summed E-state index contributed by atoms with van der Waals surface area (Å²) in [6.07, 6.45) is 0.00167. The highest BCUT2D eigenvalue weighted by Gasteiger charge is 2.39. The van der Waals surface area contributed by atoms with Gasteiger partial charge < -0.3 is 24.0 Å². The van der Waals surface area contributed by atoms with Gasteiger partial charge in [-0.3, -0.25) is 30.3 Å². The smallest absolute Gasteiger partial charge is 0.416 e. The summed E-state index contributed by atoms with van der Waals surface area (Å²) in [7, 11) is 3.04. The molecule has 1 amide bonds. The van der Waals surface area contributed by atoms with Crippen LogP contribution in [0.4, 0.5) is 30.2 Å². The first-order chi connectivity index (χ1) is 22.1. The van der Waals surface area contributed by atoms with Gasteiger partial charge in [0.2, 0.25) is 5.88 Å². The van der Waals surface area contributed by atoms with E-state index in [9.17, 15) is 38.2 Å². The third-order valence-electron chi connectivity index (χ3n) is 7.83. The highest BCUT2D eigenvalue weighted by atomic mass is 19.4. The molecule has 260 valence electrons. The first-order valence-corrected chi connectivity index (χ1v) is 15.0. The second kappa shape index (κ2) is 16.7. The Kier molecular flexibility index (Phi) is 13.7. The molecule has 1 N–H and O–H groups in total. The van der Waals surface area contributed by atoms with E-state index >= 15 is 0 Å². The van der Waals surface area contributed by atoms with Crippen molar-refractivity contribution < 1.29 is 42.0 Å². The van der Waals surface area contributed by atoms with E-state index < -0.39 is 33.0 Å². The van der Waals surface area contributed by atoms with E-state index in [1.54, 1.807) is 32.0 Å².